The molecule has 0 saturated carbocycles. The number of piperidine rings is 1. The van der Waals surface area contributed by atoms with Gasteiger partial charge in [0, 0.05) is 19.2 Å². The third-order valence-corrected chi connectivity index (χ3v) is 6.68. The van der Waals surface area contributed by atoms with Crippen molar-refractivity contribution >= 4 is 21.6 Å². The molecule has 8 heteroatoms. The van der Waals surface area contributed by atoms with Crippen molar-refractivity contribution in [3.8, 4) is 11.5 Å². The van der Waals surface area contributed by atoms with E-state index in [0.717, 1.165) is 0 Å². The summed E-state index contributed by atoms with van der Waals surface area (Å²) in [7, 11) is -0.554. The molecule has 7 nitrogen and oxygen atoms in total. The fourth-order valence-electron chi connectivity index (χ4n) is 3.26. The van der Waals surface area contributed by atoms with Crippen LogP contribution in [-0.2, 0) is 14.8 Å². The molecule has 150 valence electrons. The Hall–Kier alpha value is -2.58. The lowest BCUT2D eigenvalue weighted by Crippen LogP contribution is -2.43. The molecule has 1 fully saturated rings. The van der Waals surface area contributed by atoms with Gasteiger partial charge in [0.1, 0.15) is 11.5 Å². The van der Waals surface area contributed by atoms with Crippen LogP contribution in [0.1, 0.15) is 12.8 Å². The molecule has 2 aromatic rings. The minimum absolute atomic E-state index is 0.148. The molecule has 0 aliphatic carbocycles. The maximum Gasteiger partial charge on any atom is 0.243 e. The number of hydrogen-bond donors (Lipinski definition) is 1. The second-order valence-electron chi connectivity index (χ2n) is 6.57. The molecule has 1 aliphatic heterocycles. The van der Waals surface area contributed by atoms with Crippen LogP contribution < -0.4 is 14.8 Å². The summed E-state index contributed by atoms with van der Waals surface area (Å²) in [5, 5.41) is 2.85. The van der Waals surface area contributed by atoms with Gasteiger partial charge < -0.3 is 14.8 Å². The Kier molecular flexibility index (Phi) is 6.21. The number of sulfonamides is 1. The number of hydrogen-bond acceptors (Lipinski definition) is 5. The Bertz CT molecular complexity index is 931. The van der Waals surface area contributed by atoms with Crippen LogP contribution in [0.2, 0.25) is 0 Å². The molecule has 0 radical (unpaired) electrons. The van der Waals surface area contributed by atoms with Crippen molar-refractivity contribution in [3.05, 3.63) is 48.5 Å². The average Bonchev–Trinajstić information content (AvgIpc) is 2.74. The third-order valence-electron chi connectivity index (χ3n) is 4.80. The molecule has 1 heterocycles. The highest BCUT2D eigenvalue weighted by Gasteiger charge is 2.33. The number of carbonyl (C=O) groups excluding carboxylic acids is 1. The topological polar surface area (TPSA) is 84.9 Å². The number of benzene rings is 2. The summed E-state index contributed by atoms with van der Waals surface area (Å²) < 4.78 is 37.6. The quantitative estimate of drug-likeness (QED) is 0.800. The minimum Gasteiger partial charge on any atom is -0.497 e. The Labute approximate surface area is 165 Å². The van der Waals surface area contributed by atoms with Crippen LogP contribution >= 0.6 is 0 Å². The molecule has 1 amide bonds. The Morgan fingerprint density at radius 2 is 1.86 bits per heavy atom. The first-order valence-corrected chi connectivity index (χ1v) is 10.5. The van der Waals surface area contributed by atoms with E-state index >= 15 is 0 Å². The molecular weight excluding hydrogens is 380 g/mol. The van der Waals surface area contributed by atoms with E-state index in [2.05, 4.69) is 5.32 Å². The van der Waals surface area contributed by atoms with Gasteiger partial charge in [-0.15, -0.1) is 0 Å². The SMILES string of the molecule is COc1ccc(OC)c(NC(=O)C2CCCN(S(=O)(=O)c3ccccc3)C2)c1. The summed E-state index contributed by atoms with van der Waals surface area (Å²) in [4.78, 5) is 13.1. The second-order valence-corrected chi connectivity index (χ2v) is 8.51. The predicted octanol–water partition coefficient (Wildman–Crippen LogP) is 2.74. The van der Waals surface area contributed by atoms with Crippen molar-refractivity contribution in [3.63, 3.8) is 0 Å². The molecule has 1 N–H and O–H groups in total. The first-order valence-electron chi connectivity index (χ1n) is 9.04. The lowest BCUT2D eigenvalue weighted by molar-refractivity contribution is -0.120. The minimum atomic E-state index is -3.62. The van der Waals surface area contributed by atoms with Gasteiger partial charge in [-0.1, -0.05) is 18.2 Å². The van der Waals surface area contributed by atoms with Crippen molar-refractivity contribution in [2.24, 2.45) is 5.92 Å². The summed E-state index contributed by atoms with van der Waals surface area (Å²) in [6.07, 6.45) is 1.25. The zero-order valence-corrected chi connectivity index (χ0v) is 16.7. The van der Waals surface area contributed by atoms with Crippen molar-refractivity contribution in [1.82, 2.24) is 4.31 Å². The maximum absolute atomic E-state index is 12.9. The van der Waals surface area contributed by atoms with Crippen LogP contribution in [0.15, 0.2) is 53.4 Å². The largest absolute Gasteiger partial charge is 0.497 e. The van der Waals surface area contributed by atoms with Crippen molar-refractivity contribution in [1.29, 1.82) is 0 Å². The van der Waals surface area contributed by atoms with Gasteiger partial charge in [0.15, 0.2) is 0 Å². The van der Waals surface area contributed by atoms with E-state index in [1.54, 1.807) is 55.6 Å². The number of amides is 1. The number of nitrogens with one attached hydrogen (secondary N) is 1. The van der Waals surface area contributed by atoms with Crippen LogP contribution in [0.3, 0.4) is 0 Å². The molecule has 1 saturated heterocycles. The summed E-state index contributed by atoms with van der Waals surface area (Å²) >= 11 is 0. The zero-order valence-electron chi connectivity index (χ0n) is 15.9. The molecule has 3 rings (SSSR count). The molecule has 1 aliphatic rings. The van der Waals surface area contributed by atoms with E-state index in [0.29, 0.717) is 36.6 Å². The number of anilines is 1. The first-order chi connectivity index (χ1) is 13.5. The molecule has 28 heavy (non-hydrogen) atoms. The van der Waals surface area contributed by atoms with E-state index in [1.807, 2.05) is 0 Å². The van der Waals surface area contributed by atoms with Crippen LogP contribution in [0, 0.1) is 5.92 Å². The Balaban J connectivity index is 1.75. The van der Waals surface area contributed by atoms with E-state index in [-0.39, 0.29) is 17.3 Å². The molecule has 0 spiro atoms. The summed E-state index contributed by atoms with van der Waals surface area (Å²) in [6, 6.07) is 13.4. The normalized spacial score (nSPS) is 17.7. The van der Waals surface area contributed by atoms with Crippen molar-refractivity contribution < 1.29 is 22.7 Å². The molecule has 1 unspecified atom stereocenters. The fourth-order valence-corrected chi connectivity index (χ4v) is 4.81. The van der Waals surface area contributed by atoms with Gasteiger partial charge in [0.2, 0.25) is 15.9 Å². The standard InChI is InChI=1S/C20H24N2O5S/c1-26-16-10-11-19(27-2)18(13-16)21-20(23)15-7-6-12-22(14-15)28(24,25)17-8-4-3-5-9-17/h3-5,8-11,13,15H,6-7,12,14H2,1-2H3,(H,21,23). The van der Waals surface area contributed by atoms with Crippen LogP contribution in [0.5, 0.6) is 11.5 Å². The van der Waals surface area contributed by atoms with E-state index < -0.39 is 15.9 Å². The van der Waals surface area contributed by atoms with Gasteiger partial charge in [0.25, 0.3) is 0 Å². The van der Waals surface area contributed by atoms with Crippen molar-refractivity contribution in [2.45, 2.75) is 17.7 Å². The second kappa shape index (κ2) is 8.62. The van der Waals surface area contributed by atoms with Gasteiger partial charge >= 0.3 is 0 Å². The zero-order chi connectivity index (χ0) is 20.1. The fraction of sp³-hybridized carbons (Fsp3) is 0.350. The lowest BCUT2D eigenvalue weighted by Gasteiger charge is -2.31. The van der Waals surface area contributed by atoms with Gasteiger partial charge in [-0.05, 0) is 37.1 Å². The number of rotatable bonds is 6. The van der Waals surface area contributed by atoms with Crippen LogP contribution in [0.4, 0.5) is 5.69 Å². The summed E-state index contributed by atoms with van der Waals surface area (Å²) in [6.45, 7) is 0.554. The molecular formula is C20H24N2O5S. The average molecular weight is 404 g/mol. The maximum atomic E-state index is 12.9. The Morgan fingerprint density at radius 1 is 1.11 bits per heavy atom. The monoisotopic (exact) mass is 404 g/mol. The van der Waals surface area contributed by atoms with E-state index in [1.165, 1.54) is 11.4 Å². The van der Waals surface area contributed by atoms with Gasteiger partial charge in [-0.3, -0.25) is 4.79 Å². The predicted molar refractivity (Wildman–Crippen MR) is 106 cm³/mol. The number of ether oxygens (including phenoxy) is 2. The highest BCUT2D eigenvalue weighted by atomic mass is 32.2. The van der Waals surface area contributed by atoms with E-state index in [9.17, 15) is 13.2 Å². The Morgan fingerprint density at radius 3 is 2.54 bits per heavy atom. The van der Waals surface area contributed by atoms with Crippen LogP contribution in [-0.4, -0.2) is 45.9 Å². The summed E-state index contributed by atoms with van der Waals surface area (Å²) in [5.41, 5.74) is 0.495. The highest BCUT2D eigenvalue weighted by Crippen LogP contribution is 2.30. The van der Waals surface area contributed by atoms with Crippen LogP contribution in [0.25, 0.3) is 0 Å². The summed E-state index contributed by atoms with van der Waals surface area (Å²) in [5.74, 6) is 0.425. The molecule has 1 atom stereocenters. The smallest absolute Gasteiger partial charge is 0.243 e. The van der Waals surface area contributed by atoms with Gasteiger partial charge in [-0.25, -0.2) is 8.42 Å². The van der Waals surface area contributed by atoms with Gasteiger partial charge in [0.05, 0.1) is 30.7 Å². The third kappa shape index (κ3) is 4.28. The first kappa shape index (κ1) is 20.2. The van der Waals surface area contributed by atoms with Crippen molar-refractivity contribution in [2.75, 3.05) is 32.6 Å². The molecule has 2 aromatic carbocycles. The number of methoxy groups -OCH3 is 2. The number of nitrogens with zero attached hydrogens (tertiary/aromatic N) is 1. The highest BCUT2D eigenvalue weighted by molar-refractivity contribution is 7.89. The molecule has 0 bridgehead atoms. The molecule has 0 aromatic heterocycles. The van der Waals surface area contributed by atoms with Gasteiger partial charge in [-0.2, -0.15) is 4.31 Å². The number of carbonyl (C=O) groups is 1. The lowest BCUT2D eigenvalue weighted by atomic mass is 9.98. The van der Waals surface area contributed by atoms with E-state index in [4.69, 9.17) is 9.47 Å².